The molecule has 0 bridgehead atoms. The third-order valence-electron chi connectivity index (χ3n) is 4.58. The SMILES string of the molecule is CC[C@@H](C)[C@@H](C)N(C(=O)C1=C(C)OCCS1(=O)=O)C1CC1. The maximum absolute atomic E-state index is 12.9. The summed E-state index contributed by atoms with van der Waals surface area (Å²) in [5, 5.41) is 0. The minimum atomic E-state index is -3.53. The van der Waals surface area contributed by atoms with Crippen molar-refractivity contribution in [3.63, 3.8) is 0 Å². The van der Waals surface area contributed by atoms with Crippen LogP contribution in [0.25, 0.3) is 0 Å². The molecule has 6 heteroatoms. The summed E-state index contributed by atoms with van der Waals surface area (Å²) in [7, 11) is -3.53. The fourth-order valence-corrected chi connectivity index (χ4v) is 4.12. The molecule has 0 spiro atoms. The van der Waals surface area contributed by atoms with Gasteiger partial charge in [-0.1, -0.05) is 20.3 Å². The van der Waals surface area contributed by atoms with Crippen molar-refractivity contribution in [2.24, 2.45) is 5.92 Å². The summed E-state index contributed by atoms with van der Waals surface area (Å²) in [6, 6.07) is 0.214. The molecule has 1 aliphatic heterocycles. The predicted molar refractivity (Wildman–Crippen MR) is 81.2 cm³/mol. The Morgan fingerprint density at radius 3 is 2.48 bits per heavy atom. The summed E-state index contributed by atoms with van der Waals surface area (Å²) in [5.74, 6) is 0.0974. The molecule has 0 unspecified atom stereocenters. The van der Waals surface area contributed by atoms with Crippen molar-refractivity contribution in [2.45, 2.75) is 59.0 Å². The first-order valence-corrected chi connectivity index (χ1v) is 9.34. The summed E-state index contributed by atoms with van der Waals surface area (Å²) < 4.78 is 29.8. The van der Waals surface area contributed by atoms with Gasteiger partial charge in [-0.2, -0.15) is 0 Å². The number of allylic oxidation sites excluding steroid dienone is 1. The van der Waals surface area contributed by atoms with Gasteiger partial charge in [-0.05, 0) is 32.6 Å². The molecule has 0 saturated heterocycles. The highest BCUT2D eigenvalue weighted by atomic mass is 32.2. The Morgan fingerprint density at radius 1 is 1.38 bits per heavy atom. The van der Waals surface area contributed by atoms with E-state index in [9.17, 15) is 13.2 Å². The number of ether oxygens (including phenoxy) is 1. The van der Waals surface area contributed by atoms with E-state index in [1.165, 1.54) is 0 Å². The molecule has 1 amide bonds. The van der Waals surface area contributed by atoms with Gasteiger partial charge in [-0.15, -0.1) is 0 Å². The van der Waals surface area contributed by atoms with E-state index in [-0.39, 0.29) is 41.0 Å². The normalized spacial score (nSPS) is 24.2. The zero-order valence-electron chi connectivity index (χ0n) is 13.3. The average molecular weight is 315 g/mol. The Kier molecular flexibility index (Phi) is 4.66. The molecule has 0 aromatic carbocycles. The molecule has 1 aliphatic carbocycles. The molecular formula is C15H25NO4S. The number of amides is 1. The van der Waals surface area contributed by atoms with Gasteiger partial charge in [-0.3, -0.25) is 4.79 Å². The molecule has 0 aromatic heterocycles. The van der Waals surface area contributed by atoms with Gasteiger partial charge >= 0.3 is 0 Å². The smallest absolute Gasteiger partial charge is 0.269 e. The van der Waals surface area contributed by atoms with Crippen LogP contribution in [-0.4, -0.2) is 43.7 Å². The lowest BCUT2D eigenvalue weighted by Crippen LogP contribution is -2.46. The first-order valence-electron chi connectivity index (χ1n) is 7.68. The van der Waals surface area contributed by atoms with Crippen LogP contribution in [-0.2, 0) is 19.4 Å². The van der Waals surface area contributed by atoms with Crippen molar-refractivity contribution < 1.29 is 17.9 Å². The lowest BCUT2D eigenvalue weighted by Gasteiger charge is -2.34. The molecule has 1 heterocycles. The van der Waals surface area contributed by atoms with Crippen LogP contribution < -0.4 is 0 Å². The van der Waals surface area contributed by atoms with Gasteiger partial charge in [0, 0.05) is 12.1 Å². The van der Waals surface area contributed by atoms with Crippen molar-refractivity contribution in [3.05, 3.63) is 10.7 Å². The van der Waals surface area contributed by atoms with Gasteiger partial charge in [0.25, 0.3) is 5.91 Å². The predicted octanol–water partition coefficient (Wildman–Crippen LogP) is 2.09. The summed E-state index contributed by atoms with van der Waals surface area (Å²) in [4.78, 5) is 14.5. The molecule has 120 valence electrons. The molecular weight excluding hydrogens is 290 g/mol. The van der Waals surface area contributed by atoms with Crippen LogP contribution in [0.4, 0.5) is 0 Å². The van der Waals surface area contributed by atoms with Gasteiger partial charge in [0.1, 0.15) is 12.4 Å². The molecule has 2 aliphatic rings. The number of hydrogen-bond donors (Lipinski definition) is 0. The van der Waals surface area contributed by atoms with Crippen molar-refractivity contribution in [2.75, 3.05) is 12.4 Å². The highest BCUT2D eigenvalue weighted by Gasteiger charge is 2.43. The number of sulfone groups is 1. The van der Waals surface area contributed by atoms with Crippen LogP contribution in [0.5, 0.6) is 0 Å². The van der Waals surface area contributed by atoms with Gasteiger partial charge in [0.05, 0.1) is 5.75 Å². The lowest BCUT2D eigenvalue weighted by atomic mass is 9.99. The van der Waals surface area contributed by atoms with E-state index < -0.39 is 9.84 Å². The van der Waals surface area contributed by atoms with E-state index in [2.05, 4.69) is 13.8 Å². The Labute approximate surface area is 127 Å². The maximum atomic E-state index is 12.9. The van der Waals surface area contributed by atoms with E-state index in [0.29, 0.717) is 5.92 Å². The van der Waals surface area contributed by atoms with Crippen molar-refractivity contribution in [1.29, 1.82) is 0 Å². The Balaban J connectivity index is 2.35. The van der Waals surface area contributed by atoms with Crippen molar-refractivity contribution in [3.8, 4) is 0 Å². The summed E-state index contributed by atoms with van der Waals surface area (Å²) in [6.07, 6.45) is 2.87. The molecule has 0 N–H and O–H groups in total. The minimum absolute atomic E-state index is 0.0347. The third-order valence-corrected chi connectivity index (χ3v) is 6.36. The second kappa shape index (κ2) is 5.99. The number of carbonyl (C=O) groups is 1. The molecule has 1 fully saturated rings. The number of rotatable bonds is 5. The van der Waals surface area contributed by atoms with Crippen LogP contribution in [0, 0.1) is 5.92 Å². The molecule has 2 rings (SSSR count). The largest absolute Gasteiger partial charge is 0.496 e. The Hall–Kier alpha value is -1.04. The summed E-state index contributed by atoms with van der Waals surface area (Å²) >= 11 is 0. The molecule has 5 nitrogen and oxygen atoms in total. The minimum Gasteiger partial charge on any atom is -0.496 e. The van der Waals surface area contributed by atoms with E-state index in [0.717, 1.165) is 19.3 Å². The maximum Gasteiger partial charge on any atom is 0.269 e. The molecule has 21 heavy (non-hydrogen) atoms. The van der Waals surface area contributed by atoms with Crippen LogP contribution >= 0.6 is 0 Å². The number of nitrogens with zero attached hydrogens (tertiary/aromatic N) is 1. The quantitative estimate of drug-likeness (QED) is 0.779. The van der Waals surface area contributed by atoms with Gasteiger partial charge < -0.3 is 9.64 Å². The van der Waals surface area contributed by atoms with E-state index in [1.807, 2.05) is 6.92 Å². The molecule has 0 aromatic rings. The first-order chi connectivity index (χ1) is 9.79. The Bertz CT molecular complexity index is 548. The van der Waals surface area contributed by atoms with Crippen LogP contribution in [0.3, 0.4) is 0 Å². The van der Waals surface area contributed by atoms with Crippen LogP contribution in [0.15, 0.2) is 10.7 Å². The molecule has 1 saturated carbocycles. The van der Waals surface area contributed by atoms with Crippen molar-refractivity contribution in [1.82, 2.24) is 4.90 Å². The average Bonchev–Trinajstić information content (AvgIpc) is 3.21. The molecule has 0 radical (unpaired) electrons. The standard InChI is InChI=1S/C15H25NO4S/c1-5-10(2)11(3)16(13-6-7-13)15(17)14-12(4)20-8-9-21(14,18)19/h10-11,13H,5-9H2,1-4H3/t10-,11-/m1/s1. The van der Waals surface area contributed by atoms with Crippen LogP contribution in [0.2, 0.25) is 0 Å². The second-order valence-corrected chi connectivity index (χ2v) is 8.17. The molecule has 2 atom stereocenters. The van der Waals surface area contributed by atoms with Gasteiger partial charge in [0.15, 0.2) is 14.7 Å². The van der Waals surface area contributed by atoms with Gasteiger partial charge in [0.2, 0.25) is 0 Å². The van der Waals surface area contributed by atoms with Gasteiger partial charge in [-0.25, -0.2) is 8.42 Å². The van der Waals surface area contributed by atoms with E-state index >= 15 is 0 Å². The van der Waals surface area contributed by atoms with Crippen LogP contribution in [0.1, 0.15) is 47.0 Å². The highest BCUT2D eigenvalue weighted by Crippen LogP contribution is 2.34. The summed E-state index contributed by atoms with van der Waals surface area (Å²) in [5.41, 5.74) is 0. The summed E-state index contributed by atoms with van der Waals surface area (Å²) in [6.45, 7) is 7.90. The first kappa shape index (κ1) is 16.3. The fourth-order valence-electron chi connectivity index (χ4n) is 2.74. The number of carbonyl (C=O) groups excluding carboxylic acids is 1. The number of hydrogen-bond acceptors (Lipinski definition) is 4. The monoisotopic (exact) mass is 315 g/mol. The zero-order valence-corrected chi connectivity index (χ0v) is 14.1. The third kappa shape index (κ3) is 3.25. The Morgan fingerprint density at radius 2 is 2.00 bits per heavy atom. The van der Waals surface area contributed by atoms with E-state index in [1.54, 1.807) is 11.8 Å². The topological polar surface area (TPSA) is 63.7 Å². The fraction of sp³-hybridized carbons (Fsp3) is 0.800. The lowest BCUT2D eigenvalue weighted by molar-refractivity contribution is -0.130. The highest BCUT2D eigenvalue weighted by molar-refractivity contribution is 7.96. The second-order valence-electron chi connectivity index (χ2n) is 6.12. The van der Waals surface area contributed by atoms with Crippen molar-refractivity contribution >= 4 is 15.7 Å². The van der Waals surface area contributed by atoms with E-state index in [4.69, 9.17) is 4.74 Å². The zero-order chi connectivity index (χ0) is 15.8.